The van der Waals surface area contributed by atoms with E-state index >= 15 is 0 Å². The molecule has 1 saturated heterocycles. The fraction of sp³-hybridized carbons (Fsp3) is 0.346. The number of anilines is 1. The number of piperazine rings is 1. The largest absolute Gasteiger partial charge is 0.497 e. The first-order valence-electron chi connectivity index (χ1n) is 11.3. The van der Waals surface area contributed by atoms with E-state index in [0.29, 0.717) is 18.7 Å². The number of rotatable bonds is 6. The molecule has 1 amide bonds. The molecule has 6 nitrogen and oxygen atoms in total. The molecule has 0 unspecified atom stereocenters. The monoisotopic (exact) mass is 508 g/mol. The highest BCUT2D eigenvalue weighted by atomic mass is 79.9. The van der Waals surface area contributed by atoms with Crippen LogP contribution in [0.15, 0.2) is 53.0 Å². The molecule has 3 aromatic rings. The highest BCUT2D eigenvalue weighted by Gasteiger charge is 2.26. The van der Waals surface area contributed by atoms with Crippen LogP contribution in [-0.2, 0) is 12.8 Å². The second kappa shape index (κ2) is 10.3. The summed E-state index contributed by atoms with van der Waals surface area (Å²) in [6.45, 7) is 6.89. The van der Waals surface area contributed by atoms with Gasteiger partial charge in [0.25, 0.3) is 5.91 Å². The zero-order valence-corrected chi connectivity index (χ0v) is 20.9. The fourth-order valence-electron chi connectivity index (χ4n) is 4.25. The van der Waals surface area contributed by atoms with Gasteiger partial charge in [0.05, 0.1) is 12.7 Å². The second-order valence-electron chi connectivity index (χ2n) is 8.16. The van der Waals surface area contributed by atoms with Crippen LogP contribution in [0.3, 0.4) is 0 Å². The third-order valence-electron chi connectivity index (χ3n) is 6.03. The van der Waals surface area contributed by atoms with Crippen molar-refractivity contribution in [2.45, 2.75) is 26.7 Å². The smallest absolute Gasteiger partial charge is 0.255 e. The summed E-state index contributed by atoms with van der Waals surface area (Å²) in [6, 6.07) is 15.8. The Morgan fingerprint density at radius 2 is 1.73 bits per heavy atom. The molecule has 0 saturated carbocycles. The van der Waals surface area contributed by atoms with E-state index in [2.05, 4.69) is 39.9 Å². The van der Waals surface area contributed by atoms with E-state index in [1.165, 1.54) is 11.1 Å². The summed E-state index contributed by atoms with van der Waals surface area (Å²) in [4.78, 5) is 26.8. The van der Waals surface area contributed by atoms with Crippen LogP contribution in [-0.4, -0.2) is 54.1 Å². The molecule has 0 radical (unpaired) electrons. The fourth-order valence-corrected chi connectivity index (χ4v) is 4.70. The lowest BCUT2D eigenvalue weighted by Gasteiger charge is -2.36. The summed E-state index contributed by atoms with van der Waals surface area (Å²) in [5, 5.41) is 0. The molecule has 1 fully saturated rings. The quantitative estimate of drug-likeness (QED) is 0.484. The molecule has 0 N–H and O–H groups in total. The number of benzene rings is 2. The zero-order valence-electron chi connectivity index (χ0n) is 19.3. The molecular weight excluding hydrogens is 480 g/mol. The number of methoxy groups -OCH3 is 1. The summed E-state index contributed by atoms with van der Waals surface area (Å²) < 4.78 is 6.13. The first kappa shape index (κ1) is 23.2. The molecular formula is C26H29BrN4O2. The van der Waals surface area contributed by atoms with Gasteiger partial charge >= 0.3 is 0 Å². The summed E-state index contributed by atoms with van der Waals surface area (Å²) >= 11 is 3.50. The number of amides is 1. The van der Waals surface area contributed by atoms with Crippen LogP contribution in [0.4, 0.5) is 5.82 Å². The van der Waals surface area contributed by atoms with Crippen molar-refractivity contribution in [3.05, 3.63) is 81.2 Å². The first-order chi connectivity index (χ1) is 16.0. The standard InChI is InChI=1S/C26H29BrN4O2/c1-4-24-22(17-19-9-11-20(33-3)12-10-19)25(29-18(2)28-24)30-13-15-31(16-14-30)26(32)21-7-5-6-8-23(21)27/h5-12H,4,13-17H2,1-3H3. The Hall–Kier alpha value is -2.93. The number of hydrogen-bond acceptors (Lipinski definition) is 5. The average Bonchev–Trinajstić information content (AvgIpc) is 2.85. The minimum absolute atomic E-state index is 0.0636. The van der Waals surface area contributed by atoms with Gasteiger partial charge in [-0.15, -0.1) is 0 Å². The summed E-state index contributed by atoms with van der Waals surface area (Å²) in [7, 11) is 1.68. The Kier molecular flexibility index (Phi) is 7.28. The number of halogens is 1. The van der Waals surface area contributed by atoms with Crippen LogP contribution in [0.5, 0.6) is 5.75 Å². The number of aromatic nitrogens is 2. The maximum Gasteiger partial charge on any atom is 0.255 e. The molecule has 2 heterocycles. The maximum absolute atomic E-state index is 13.0. The summed E-state index contributed by atoms with van der Waals surface area (Å²) in [6.07, 6.45) is 1.61. The van der Waals surface area contributed by atoms with Crippen molar-refractivity contribution < 1.29 is 9.53 Å². The topological polar surface area (TPSA) is 58.6 Å². The highest BCUT2D eigenvalue weighted by Crippen LogP contribution is 2.27. The minimum Gasteiger partial charge on any atom is -0.497 e. The molecule has 1 aliphatic heterocycles. The van der Waals surface area contributed by atoms with Crippen LogP contribution in [0.2, 0.25) is 0 Å². The lowest BCUT2D eigenvalue weighted by Crippen LogP contribution is -2.49. The molecule has 7 heteroatoms. The Morgan fingerprint density at radius 3 is 2.36 bits per heavy atom. The van der Waals surface area contributed by atoms with E-state index in [4.69, 9.17) is 14.7 Å². The minimum atomic E-state index is 0.0636. The van der Waals surface area contributed by atoms with Crippen molar-refractivity contribution in [1.82, 2.24) is 14.9 Å². The van der Waals surface area contributed by atoms with Crippen molar-refractivity contribution >= 4 is 27.7 Å². The average molecular weight is 509 g/mol. The molecule has 0 atom stereocenters. The predicted molar refractivity (Wildman–Crippen MR) is 134 cm³/mol. The van der Waals surface area contributed by atoms with E-state index in [0.717, 1.165) is 53.5 Å². The van der Waals surface area contributed by atoms with Crippen molar-refractivity contribution in [1.29, 1.82) is 0 Å². The summed E-state index contributed by atoms with van der Waals surface area (Å²) in [5.41, 5.74) is 4.15. The van der Waals surface area contributed by atoms with Crippen molar-refractivity contribution in [2.24, 2.45) is 0 Å². The second-order valence-corrected chi connectivity index (χ2v) is 9.01. The lowest BCUT2D eigenvalue weighted by atomic mass is 10.0. The lowest BCUT2D eigenvalue weighted by molar-refractivity contribution is 0.0745. The Bertz CT molecular complexity index is 1130. The predicted octanol–water partition coefficient (Wildman–Crippen LogP) is 4.67. The van der Waals surface area contributed by atoms with Gasteiger partial charge in [0.1, 0.15) is 17.4 Å². The van der Waals surface area contributed by atoms with Gasteiger partial charge in [-0.25, -0.2) is 9.97 Å². The third-order valence-corrected chi connectivity index (χ3v) is 6.72. The Morgan fingerprint density at radius 1 is 1.03 bits per heavy atom. The van der Waals surface area contributed by atoms with Gasteiger partial charge in [0.2, 0.25) is 0 Å². The van der Waals surface area contributed by atoms with E-state index in [9.17, 15) is 4.79 Å². The number of ether oxygens (including phenoxy) is 1. The van der Waals surface area contributed by atoms with Gasteiger partial charge in [-0.05, 0) is 59.1 Å². The zero-order chi connectivity index (χ0) is 23.4. The molecule has 0 bridgehead atoms. The van der Waals surface area contributed by atoms with E-state index in [-0.39, 0.29) is 5.91 Å². The van der Waals surface area contributed by atoms with Crippen LogP contribution in [0.25, 0.3) is 0 Å². The maximum atomic E-state index is 13.0. The van der Waals surface area contributed by atoms with Gasteiger partial charge in [-0.2, -0.15) is 0 Å². The van der Waals surface area contributed by atoms with E-state index in [1.807, 2.05) is 48.2 Å². The first-order valence-corrected chi connectivity index (χ1v) is 12.1. The number of nitrogens with zero attached hydrogens (tertiary/aromatic N) is 4. The van der Waals surface area contributed by atoms with Gasteiger partial charge < -0.3 is 14.5 Å². The molecule has 33 heavy (non-hydrogen) atoms. The van der Waals surface area contributed by atoms with Gasteiger partial charge in [0, 0.05) is 48.3 Å². The Balaban J connectivity index is 1.55. The molecule has 2 aromatic carbocycles. The number of hydrogen-bond donors (Lipinski definition) is 0. The van der Waals surface area contributed by atoms with Crippen LogP contribution in [0, 0.1) is 6.92 Å². The van der Waals surface area contributed by atoms with Crippen molar-refractivity contribution in [3.8, 4) is 5.75 Å². The number of carbonyl (C=O) groups excluding carboxylic acids is 1. The molecule has 172 valence electrons. The van der Waals surface area contributed by atoms with Crippen molar-refractivity contribution in [2.75, 3.05) is 38.2 Å². The molecule has 0 spiro atoms. The molecule has 1 aliphatic rings. The van der Waals surface area contributed by atoms with E-state index < -0.39 is 0 Å². The number of carbonyl (C=O) groups is 1. The molecule has 4 rings (SSSR count). The number of aryl methyl sites for hydroxylation is 2. The van der Waals surface area contributed by atoms with Crippen molar-refractivity contribution in [3.63, 3.8) is 0 Å². The molecule has 1 aromatic heterocycles. The van der Waals surface area contributed by atoms with Gasteiger partial charge in [-0.1, -0.05) is 31.2 Å². The third kappa shape index (κ3) is 5.19. The molecule has 0 aliphatic carbocycles. The van der Waals surface area contributed by atoms with Gasteiger partial charge in [0.15, 0.2) is 0 Å². The van der Waals surface area contributed by atoms with E-state index in [1.54, 1.807) is 7.11 Å². The Labute approximate surface area is 203 Å². The van der Waals surface area contributed by atoms with Gasteiger partial charge in [-0.3, -0.25) is 4.79 Å². The van der Waals surface area contributed by atoms with Crippen LogP contribution < -0.4 is 9.64 Å². The highest BCUT2D eigenvalue weighted by molar-refractivity contribution is 9.10. The normalized spacial score (nSPS) is 13.8. The van der Waals surface area contributed by atoms with Crippen LogP contribution >= 0.6 is 15.9 Å². The summed E-state index contributed by atoms with van der Waals surface area (Å²) in [5.74, 6) is 2.68. The SMILES string of the molecule is CCc1nc(C)nc(N2CCN(C(=O)c3ccccc3Br)CC2)c1Cc1ccc(OC)cc1. The van der Waals surface area contributed by atoms with Crippen LogP contribution in [0.1, 0.15) is 39.9 Å².